The fraction of sp³-hybridized carbons (Fsp3) is 0.824. The molecule has 0 amide bonds. The van der Waals surface area contributed by atoms with Crippen LogP contribution in [0.25, 0.3) is 0 Å². The Morgan fingerprint density at radius 1 is 1.45 bits per heavy atom. The lowest BCUT2D eigenvalue weighted by Crippen LogP contribution is -2.41. The van der Waals surface area contributed by atoms with Gasteiger partial charge in [0, 0.05) is 17.6 Å². The number of fused-ring (bicyclic) bond motifs is 2. The first kappa shape index (κ1) is 14.5. The summed E-state index contributed by atoms with van der Waals surface area (Å²) in [6.45, 7) is 9.09. The fourth-order valence-corrected chi connectivity index (χ4v) is 5.45. The molecule has 2 nitrogen and oxygen atoms in total. The molecule has 3 unspecified atom stereocenters. The Labute approximate surface area is 127 Å². The number of hydrogen-bond acceptors (Lipinski definition) is 3. The van der Waals surface area contributed by atoms with Gasteiger partial charge in [-0.1, -0.05) is 20.3 Å². The molecule has 0 aromatic carbocycles. The second-order valence-electron chi connectivity index (χ2n) is 7.49. The van der Waals surface area contributed by atoms with E-state index in [1.54, 1.807) is 0 Å². The van der Waals surface area contributed by atoms with Crippen molar-refractivity contribution in [3.05, 3.63) is 16.1 Å². The summed E-state index contributed by atoms with van der Waals surface area (Å²) < 4.78 is 0. The second-order valence-corrected chi connectivity index (χ2v) is 8.81. The lowest BCUT2D eigenvalue weighted by atomic mass is 9.70. The maximum Gasteiger partial charge on any atom is 0.0896 e. The molecule has 2 aliphatic carbocycles. The summed E-state index contributed by atoms with van der Waals surface area (Å²) in [6, 6.07) is 0. The van der Waals surface area contributed by atoms with Crippen LogP contribution >= 0.6 is 11.3 Å². The van der Waals surface area contributed by atoms with Gasteiger partial charge in [0.25, 0.3) is 0 Å². The van der Waals surface area contributed by atoms with Gasteiger partial charge in [0.15, 0.2) is 0 Å². The summed E-state index contributed by atoms with van der Waals surface area (Å²) in [4.78, 5) is 5.96. The van der Waals surface area contributed by atoms with Crippen molar-refractivity contribution < 1.29 is 0 Å². The van der Waals surface area contributed by atoms with Gasteiger partial charge in [-0.3, -0.25) is 0 Å². The van der Waals surface area contributed by atoms with Crippen molar-refractivity contribution >= 4 is 11.3 Å². The molecule has 2 aliphatic rings. The zero-order valence-corrected chi connectivity index (χ0v) is 13.9. The summed E-state index contributed by atoms with van der Waals surface area (Å²) >= 11 is 1.90. The van der Waals surface area contributed by atoms with Crippen LogP contribution in [0, 0.1) is 30.1 Å². The third kappa shape index (κ3) is 2.94. The molecule has 0 saturated heterocycles. The van der Waals surface area contributed by atoms with E-state index in [9.17, 15) is 0 Å². The van der Waals surface area contributed by atoms with E-state index in [0.717, 1.165) is 24.3 Å². The van der Waals surface area contributed by atoms with Gasteiger partial charge < -0.3 is 5.32 Å². The van der Waals surface area contributed by atoms with E-state index in [1.165, 1.54) is 48.5 Å². The summed E-state index contributed by atoms with van der Waals surface area (Å²) in [5, 5.41) is 4.98. The van der Waals surface area contributed by atoms with Crippen LogP contribution in [-0.2, 0) is 6.42 Å². The third-order valence-electron chi connectivity index (χ3n) is 5.33. The van der Waals surface area contributed by atoms with Crippen molar-refractivity contribution in [1.29, 1.82) is 0 Å². The molecule has 3 rings (SSSR count). The van der Waals surface area contributed by atoms with Crippen molar-refractivity contribution in [2.75, 3.05) is 13.1 Å². The highest BCUT2D eigenvalue weighted by Crippen LogP contribution is 2.57. The van der Waals surface area contributed by atoms with Gasteiger partial charge in [-0.25, -0.2) is 4.98 Å². The van der Waals surface area contributed by atoms with E-state index in [0.29, 0.717) is 5.41 Å². The molecule has 2 saturated carbocycles. The van der Waals surface area contributed by atoms with Gasteiger partial charge in [0.1, 0.15) is 0 Å². The van der Waals surface area contributed by atoms with E-state index >= 15 is 0 Å². The van der Waals surface area contributed by atoms with Crippen molar-refractivity contribution in [3.8, 4) is 0 Å². The monoisotopic (exact) mass is 292 g/mol. The molecular weight excluding hydrogens is 264 g/mol. The molecule has 20 heavy (non-hydrogen) atoms. The highest BCUT2D eigenvalue weighted by molar-refractivity contribution is 7.11. The average molecular weight is 292 g/mol. The van der Waals surface area contributed by atoms with Crippen LogP contribution in [0.3, 0.4) is 0 Å². The number of aryl methyl sites for hydroxylation is 1. The van der Waals surface area contributed by atoms with Crippen LogP contribution in [0.1, 0.15) is 49.4 Å². The largest absolute Gasteiger partial charge is 0.316 e. The quantitative estimate of drug-likeness (QED) is 0.855. The molecule has 1 aromatic heterocycles. The minimum absolute atomic E-state index is 0.525. The normalized spacial score (nSPS) is 32.4. The standard InChI is InChI=1S/C17H28N2S/c1-12(2)9-18-11-17(7-14-4-5-15(17)6-14)8-16-10-19-13(3)20-16/h10,12,14-15,18H,4-9,11H2,1-3H3. The van der Waals surface area contributed by atoms with Crippen LogP contribution in [0.15, 0.2) is 6.20 Å². The Morgan fingerprint density at radius 2 is 2.30 bits per heavy atom. The van der Waals surface area contributed by atoms with Gasteiger partial charge in [0.05, 0.1) is 5.01 Å². The highest BCUT2D eigenvalue weighted by Gasteiger charge is 2.50. The number of rotatable bonds is 6. The Morgan fingerprint density at radius 3 is 2.85 bits per heavy atom. The van der Waals surface area contributed by atoms with Gasteiger partial charge >= 0.3 is 0 Å². The summed E-state index contributed by atoms with van der Waals surface area (Å²) in [6.07, 6.45) is 9.26. The fourth-order valence-electron chi connectivity index (χ4n) is 4.50. The smallest absolute Gasteiger partial charge is 0.0896 e. The van der Waals surface area contributed by atoms with Gasteiger partial charge in [0.2, 0.25) is 0 Å². The maximum atomic E-state index is 4.46. The van der Waals surface area contributed by atoms with Crippen LogP contribution in [-0.4, -0.2) is 18.1 Å². The average Bonchev–Trinajstić information content (AvgIpc) is 3.05. The first-order valence-corrected chi connectivity index (χ1v) is 9.01. The van der Waals surface area contributed by atoms with E-state index < -0.39 is 0 Å². The lowest BCUT2D eigenvalue weighted by Gasteiger charge is -2.38. The zero-order valence-electron chi connectivity index (χ0n) is 13.1. The Bertz CT molecular complexity index is 454. The SMILES string of the molecule is Cc1ncc(CC2(CNCC(C)C)CC3CCC2C3)s1. The first-order chi connectivity index (χ1) is 9.57. The molecule has 1 N–H and O–H groups in total. The van der Waals surface area contributed by atoms with E-state index in [1.807, 2.05) is 11.3 Å². The van der Waals surface area contributed by atoms with Crippen LogP contribution < -0.4 is 5.32 Å². The number of nitrogens with zero attached hydrogens (tertiary/aromatic N) is 1. The molecule has 3 heteroatoms. The van der Waals surface area contributed by atoms with Crippen molar-refractivity contribution in [2.45, 2.75) is 52.9 Å². The van der Waals surface area contributed by atoms with Crippen LogP contribution in [0.2, 0.25) is 0 Å². The summed E-state index contributed by atoms with van der Waals surface area (Å²) in [5.41, 5.74) is 0.525. The van der Waals surface area contributed by atoms with Gasteiger partial charge in [-0.15, -0.1) is 11.3 Å². The molecule has 2 bridgehead atoms. The van der Waals surface area contributed by atoms with Crippen LogP contribution in [0.5, 0.6) is 0 Å². The predicted molar refractivity (Wildman–Crippen MR) is 86.1 cm³/mol. The third-order valence-corrected chi connectivity index (χ3v) is 6.24. The molecule has 3 atom stereocenters. The molecule has 0 spiro atoms. The van der Waals surface area contributed by atoms with Crippen molar-refractivity contribution in [3.63, 3.8) is 0 Å². The maximum absolute atomic E-state index is 4.46. The number of hydrogen-bond donors (Lipinski definition) is 1. The minimum Gasteiger partial charge on any atom is -0.316 e. The second kappa shape index (κ2) is 5.76. The van der Waals surface area contributed by atoms with Crippen LogP contribution in [0.4, 0.5) is 0 Å². The van der Waals surface area contributed by atoms with E-state index in [-0.39, 0.29) is 0 Å². The summed E-state index contributed by atoms with van der Waals surface area (Å²) in [7, 11) is 0. The number of aromatic nitrogens is 1. The Hall–Kier alpha value is -0.410. The zero-order chi connectivity index (χ0) is 14.2. The minimum atomic E-state index is 0.525. The number of thiazole rings is 1. The first-order valence-electron chi connectivity index (χ1n) is 8.19. The van der Waals surface area contributed by atoms with E-state index in [2.05, 4.69) is 37.3 Å². The Balaban J connectivity index is 1.70. The van der Waals surface area contributed by atoms with Crippen molar-refractivity contribution in [1.82, 2.24) is 10.3 Å². The molecule has 1 aromatic rings. The molecule has 0 radical (unpaired) electrons. The van der Waals surface area contributed by atoms with Crippen molar-refractivity contribution in [2.24, 2.45) is 23.2 Å². The molecule has 0 aliphatic heterocycles. The van der Waals surface area contributed by atoms with Gasteiger partial charge in [-0.05, 0) is 62.3 Å². The molecule has 2 fully saturated rings. The Kier molecular flexibility index (Phi) is 4.19. The molecule has 112 valence electrons. The summed E-state index contributed by atoms with van der Waals surface area (Å²) in [5.74, 6) is 2.71. The predicted octanol–water partition coefficient (Wildman–Crippen LogP) is 4.05. The van der Waals surface area contributed by atoms with E-state index in [4.69, 9.17) is 0 Å². The highest BCUT2D eigenvalue weighted by atomic mass is 32.1. The topological polar surface area (TPSA) is 24.9 Å². The molecule has 1 heterocycles. The number of nitrogens with one attached hydrogen (secondary N) is 1. The van der Waals surface area contributed by atoms with Gasteiger partial charge in [-0.2, -0.15) is 0 Å². The lowest BCUT2D eigenvalue weighted by molar-refractivity contribution is 0.156. The molecular formula is C17H28N2S.